The van der Waals surface area contributed by atoms with Crippen LogP contribution in [0.4, 0.5) is 0 Å². The van der Waals surface area contributed by atoms with Crippen molar-refractivity contribution in [3.63, 3.8) is 0 Å². The highest BCUT2D eigenvalue weighted by atomic mass is 16.4. The maximum Gasteiger partial charge on any atom is 0.352 e. The lowest BCUT2D eigenvalue weighted by molar-refractivity contribution is -0.163. The van der Waals surface area contributed by atoms with E-state index in [0.717, 1.165) is 5.56 Å². The summed E-state index contributed by atoms with van der Waals surface area (Å²) in [6.07, 6.45) is -0.395. The van der Waals surface area contributed by atoms with Gasteiger partial charge in [-0.2, -0.15) is 0 Å². The molecular formula is C22H29N3O7. The molecule has 1 saturated heterocycles. The summed E-state index contributed by atoms with van der Waals surface area (Å²) in [4.78, 5) is 39.5. The van der Waals surface area contributed by atoms with E-state index in [1.165, 1.54) is 24.0 Å². The Morgan fingerprint density at radius 3 is 2.53 bits per heavy atom. The molecule has 5 N–H and O–H groups in total. The number of carboxylic acids is 1. The summed E-state index contributed by atoms with van der Waals surface area (Å²) < 4.78 is 0. The Morgan fingerprint density at radius 2 is 1.94 bits per heavy atom. The molecule has 2 amide bonds. The number of carboxylic acid groups (broad SMARTS) is 1. The number of rotatable bonds is 9. The average molecular weight is 447 g/mol. The van der Waals surface area contributed by atoms with Crippen molar-refractivity contribution in [1.82, 2.24) is 15.1 Å². The molecule has 0 radical (unpaired) electrons. The minimum Gasteiger partial charge on any atom is -0.504 e. The first-order chi connectivity index (χ1) is 15.0. The number of carbonyl (C=O) groups excluding carboxylic acids is 2. The Balaban J connectivity index is 1.57. The maximum absolute atomic E-state index is 12.4. The number of hydrogen-bond acceptors (Lipinski definition) is 7. The van der Waals surface area contributed by atoms with E-state index in [1.54, 1.807) is 18.0 Å². The number of nitrogens with one attached hydrogen (secondary N) is 1. The zero-order valence-electron chi connectivity index (χ0n) is 18.3. The van der Waals surface area contributed by atoms with Gasteiger partial charge in [0, 0.05) is 19.0 Å². The van der Waals surface area contributed by atoms with Crippen LogP contribution >= 0.6 is 0 Å². The first-order valence-corrected chi connectivity index (χ1v) is 10.5. The molecule has 0 unspecified atom stereocenters. The molecule has 10 heteroatoms. The molecule has 1 fully saturated rings. The van der Waals surface area contributed by atoms with Gasteiger partial charge < -0.3 is 30.6 Å². The second kappa shape index (κ2) is 9.17. The Labute approximate surface area is 185 Å². The normalized spacial score (nSPS) is 23.2. The predicted octanol–water partition coefficient (Wildman–Crippen LogP) is -0.115. The number of phenolic OH excluding ortho intramolecular Hbond substituents is 2. The molecule has 0 aromatic heterocycles. The van der Waals surface area contributed by atoms with Crippen LogP contribution in [0.2, 0.25) is 0 Å². The van der Waals surface area contributed by atoms with E-state index in [0.29, 0.717) is 18.5 Å². The third-order valence-electron chi connectivity index (χ3n) is 6.15. The molecule has 1 aromatic carbocycles. The van der Waals surface area contributed by atoms with E-state index in [9.17, 15) is 34.8 Å². The summed E-state index contributed by atoms with van der Waals surface area (Å²) in [5.74, 6) is -3.12. The lowest BCUT2D eigenvalue weighted by Gasteiger charge is -2.46. The van der Waals surface area contributed by atoms with E-state index in [1.807, 2.05) is 6.92 Å². The van der Waals surface area contributed by atoms with Crippen molar-refractivity contribution in [3.8, 4) is 11.5 Å². The fourth-order valence-corrected chi connectivity index (χ4v) is 4.57. The molecule has 10 nitrogen and oxygen atoms in total. The number of hydrogen-bond donors (Lipinski definition) is 5. The van der Waals surface area contributed by atoms with Crippen molar-refractivity contribution in [1.29, 1.82) is 0 Å². The monoisotopic (exact) mass is 447 g/mol. The predicted molar refractivity (Wildman–Crippen MR) is 114 cm³/mol. The molecule has 3 rings (SSSR count). The Bertz CT molecular complexity index is 959. The van der Waals surface area contributed by atoms with E-state index >= 15 is 0 Å². The van der Waals surface area contributed by atoms with Crippen LogP contribution in [0.3, 0.4) is 0 Å². The summed E-state index contributed by atoms with van der Waals surface area (Å²) in [6, 6.07) is 4.08. The topological polar surface area (TPSA) is 151 Å². The smallest absolute Gasteiger partial charge is 0.352 e. The summed E-state index contributed by atoms with van der Waals surface area (Å²) >= 11 is 0. The maximum atomic E-state index is 12.4. The van der Waals surface area contributed by atoms with Gasteiger partial charge in [-0.3, -0.25) is 14.5 Å². The minimum atomic E-state index is -1.19. The largest absolute Gasteiger partial charge is 0.504 e. The van der Waals surface area contributed by atoms with Crippen molar-refractivity contribution in [2.24, 2.45) is 11.8 Å². The molecular weight excluding hydrogens is 418 g/mol. The Hall–Kier alpha value is -3.11. The molecule has 2 heterocycles. The highest BCUT2D eigenvalue weighted by Crippen LogP contribution is 2.47. The third kappa shape index (κ3) is 4.42. The number of fused-ring (bicyclic) bond motifs is 1. The standard InChI is InChI=1S/C22H29N3O7/c1-11-14(20(22(31)32)25-19(11)18(12(2)26)21(25)30)9-24(3)10-17(29)23-7-6-13-4-5-15(27)16(28)8-13/h4-5,8,11-12,18-19,26-28H,6-7,9-10H2,1-3H3,(H,23,29)(H,31,32)/t11-,12+,18+,19+/m0/s1. The molecule has 0 spiro atoms. The number of nitrogens with zero attached hydrogens (tertiary/aromatic N) is 2. The second-order valence-electron chi connectivity index (χ2n) is 8.53. The van der Waals surface area contributed by atoms with Crippen LogP contribution in [0.5, 0.6) is 11.5 Å². The van der Waals surface area contributed by atoms with Crippen LogP contribution in [-0.4, -0.2) is 86.8 Å². The minimum absolute atomic E-state index is 0.0302. The van der Waals surface area contributed by atoms with Crippen molar-refractivity contribution < 1.29 is 34.8 Å². The summed E-state index contributed by atoms with van der Waals surface area (Å²) in [7, 11) is 1.69. The van der Waals surface area contributed by atoms with E-state index < -0.39 is 18.0 Å². The molecule has 32 heavy (non-hydrogen) atoms. The summed E-state index contributed by atoms with van der Waals surface area (Å²) in [5.41, 5.74) is 1.27. The number of β-lactam (4-membered cyclic amide) rings is 1. The molecule has 0 aliphatic carbocycles. The van der Waals surface area contributed by atoms with Gasteiger partial charge in [-0.05, 0) is 43.7 Å². The van der Waals surface area contributed by atoms with E-state index in [-0.39, 0.29) is 54.1 Å². The lowest BCUT2D eigenvalue weighted by Crippen LogP contribution is -2.63. The first kappa shape index (κ1) is 23.6. The van der Waals surface area contributed by atoms with Crippen LogP contribution in [-0.2, 0) is 20.8 Å². The molecule has 4 atom stereocenters. The number of likely N-dealkylation sites (N-methyl/N-ethyl adjacent to an activating group) is 1. The number of aliphatic hydroxyl groups is 1. The summed E-state index contributed by atoms with van der Waals surface area (Å²) in [6.45, 7) is 3.93. The second-order valence-corrected chi connectivity index (χ2v) is 8.53. The van der Waals surface area contributed by atoms with Gasteiger partial charge in [0.25, 0.3) is 0 Å². The highest BCUT2D eigenvalue weighted by molar-refractivity contribution is 6.00. The van der Waals surface area contributed by atoms with Crippen molar-refractivity contribution >= 4 is 17.8 Å². The highest BCUT2D eigenvalue weighted by Gasteiger charge is 2.59. The van der Waals surface area contributed by atoms with Gasteiger partial charge in [-0.1, -0.05) is 13.0 Å². The van der Waals surface area contributed by atoms with Gasteiger partial charge in [0.2, 0.25) is 11.8 Å². The summed E-state index contributed by atoms with van der Waals surface area (Å²) in [5, 5.41) is 41.2. The van der Waals surface area contributed by atoms with Crippen molar-refractivity contribution in [2.45, 2.75) is 32.4 Å². The zero-order valence-corrected chi connectivity index (χ0v) is 18.3. The molecule has 2 aliphatic rings. The molecule has 174 valence electrons. The number of carbonyl (C=O) groups is 3. The lowest BCUT2D eigenvalue weighted by atomic mass is 9.77. The van der Waals surface area contributed by atoms with E-state index in [4.69, 9.17) is 0 Å². The average Bonchev–Trinajstić information content (AvgIpc) is 2.93. The zero-order chi connectivity index (χ0) is 23.7. The number of phenols is 2. The van der Waals surface area contributed by atoms with Crippen molar-refractivity contribution in [3.05, 3.63) is 35.0 Å². The number of aliphatic carboxylic acids is 1. The quantitative estimate of drug-likeness (QED) is 0.260. The van der Waals surface area contributed by atoms with Crippen LogP contribution in [0, 0.1) is 11.8 Å². The van der Waals surface area contributed by atoms with Gasteiger partial charge in [0.1, 0.15) is 5.70 Å². The molecule has 0 bridgehead atoms. The van der Waals surface area contributed by atoms with Gasteiger partial charge in [0.15, 0.2) is 11.5 Å². The number of amides is 2. The molecule has 0 saturated carbocycles. The van der Waals surface area contributed by atoms with Crippen LogP contribution < -0.4 is 5.32 Å². The first-order valence-electron chi connectivity index (χ1n) is 10.5. The van der Waals surface area contributed by atoms with Gasteiger partial charge in [-0.15, -0.1) is 0 Å². The Morgan fingerprint density at radius 1 is 1.25 bits per heavy atom. The Kier molecular flexibility index (Phi) is 6.75. The fraction of sp³-hybridized carbons (Fsp3) is 0.500. The van der Waals surface area contributed by atoms with Gasteiger partial charge in [-0.25, -0.2) is 4.79 Å². The van der Waals surface area contributed by atoms with Crippen LogP contribution in [0.1, 0.15) is 19.4 Å². The molecule has 2 aliphatic heterocycles. The number of benzene rings is 1. The van der Waals surface area contributed by atoms with Crippen LogP contribution in [0.15, 0.2) is 29.5 Å². The third-order valence-corrected chi connectivity index (χ3v) is 6.15. The van der Waals surface area contributed by atoms with Crippen molar-refractivity contribution in [2.75, 3.05) is 26.7 Å². The fourth-order valence-electron chi connectivity index (χ4n) is 4.57. The van der Waals surface area contributed by atoms with Crippen LogP contribution in [0.25, 0.3) is 0 Å². The molecule has 1 aromatic rings. The SMILES string of the molecule is C[C@@H](O)[C@H]1C(=O)N2C(C(=O)O)=C(CN(C)CC(=O)NCCc3ccc(O)c(O)c3)[C@H](C)[C@H]12. The van der Waals surface area contributed by atoms with E-state index in [2.05, 4.69) is 5.32 Å². The van der Waals surface area contributed by atoms with Gasteiger partial charge >= 0.3 is 5.97 Å². The number of aliphatic hydroxyl groups excluding tert-OH is 1. The number of aromatic hydroxyl groups is 2. The van der Waals surface area contributed by atoms with Gasteiger partial charge in [0.05, 0.1) is 24.6 Å².